The van der Waals surface area contributed by atoms with Crippen LogP contribution in [-0.2, 0) is 10.0 Å². The lowest BCUT2D eigenvalue weighted by atomic mass is 10.0. The summed E-state index contributed by atoms with van der Waals surface area (Å²) in [5, 5.41) is 3.17. The third kappa shape index (κ3) is 2.99. The highest BCUT2D eigenvalue weighted by Gasteiger charge is 2.35. The van der Waals surface area contributed by atoms with Crippen molar-refractivity contribution < 1.29 is 8.42 Å². The zero-order valence-corrected chi connectivity index (χ0v) is 13.3. The Kier molecular flexibility index (Phi) is 4.70. The van der Waals surface area contributed by atoms with E-state index in [-0.39, 0.29) is 12.1 Å². The van der Waals surface area contributed by atoms with Gasteiger partial charge in [-0.25, -0.2) is 8.42 Å². The van der Waals surface area contributed by atoms with E-state index in [0.29, 0.717) is 4.90 Å². The summed E-state index contributed by atoms with van der Waals surface area (Å²) >= 11 is 0. The predicted molar refractivity (Wildman–Crippen MR) is 82.4 cm³/mol. The Morgan fingerprint density at radius 1 is 1.15 bits per heavy atom. The number of sulfonamides is 1. The third-order valence-corrected chi connectivity index (χ3v) is 6.07. The van der Waals surface area contributed by atoms with Crippen molar-refractivity contribution >= 4 is 15.7 Å². The van der Waals surface area contributed by atoms with Gasteiger partial charge in [0.2, 0.25) is 10.0 Å². The second-order valence-corrected chi connectivity index (χ2v) is 7.36. The number of rotatable bonds is 4. The van der Waals surface area contributed by atoms with E-state index in [1.165, 1.54) is 0 Å². The second-order valence-electron chi connectivity index (χ2n) is 5.52. The van der Waals surface area contributed by atoms with Crippen molar-refractivity contribution in [3.8, 4) is 0 Å². The lowest BCUT2D eigenvalue weighted by Gasteiger charge is -2.37. The number of piperidine rings is 1. The number of anilines is 1. The standard InChI is InChI=1S/C15H24N2O2S/c1-4-16-14-8-10-15(11-9-14)20(18,19)17-12(2)6-5-7-13(17)3/h8-13,16H,4-7H2,1-3H3/t12-,13+. The molecule has 0 amide bonds. The number of hydrogen-bond acceptors (Lipinski definition) is 3. The SMILES string of the molecule is CCNc1ccc(S(=O)(=O)N2[C@H](C)CCC[C@@H]2C)cc1. The van der Waals surface area contributed by atoms with E-state index in [0.717, 1.165) is 31.5 Å². The summed E-state index contributed by atoms with van der Waals surface area (Å²) in [5.41, 5.74) is 0.950. The van der Waals surface area contributed by atoms with E-state index < -0.39 is 10.0 Å². The Hall–Kier alpha value is -1.07. The molecule has 1 aromatic rings. The van der Waals surface area contributed by atoms with Gasteiger partial charge < -0.3 is 5.32 Å². The van der Waals surface area contributed by atoms with Crippen LogP contribution in [0.1, 0.15) is 40.0 Å². The number of nitrogens with one attached hydrogen (secondary N) is 1. The third-order valence-electron chi connectivity index (χ3n) is 3.92. The fourth-order valence-corrected chi connectivity index (χ4v) is 4.82. The van der Waals surface area contributed by atoms with Gasteiger partial charge in [0.05, 0.1) is 4.90 Å². The molecule has 0 aromatic heterocycles. The van der Waals surface area contributed by atoms with Gasteiger partial charge in [-0.1, -0.05) is 6.42 Å². The lowest BCUT2D eigenvalue weighted by molar-refractivity contribution is 0.204. The molecule has 0 aliphatic carbocycles. The molecule has 1 N–H and O–H groups in total. The van der Waals surface area contributed by atoms with Crippen LogP contribution in [-0.4, -0.2) is 31.4 Å². The first-order valence-corrected chi connectivity index (χ1v) is 8.78. The largest absolute Gasteiger partial charge is 0.385 e. The average molecular weight is 296 g/mol. The first-order chi connectivity index (χ1) is 9.46. The highest BCUT2D eigenvalue weighted by molar-refractivity contribution is 7.89. The molecule has 112 valence electrons. The van der Waals surface area contributed by atoms with Crippen LogP contribution in [0.2, 0.25) is 0 Å². The molecule has 1 fully saturated rings. The zero-order chi connectivity index (χ0) is 14.8. The van der Waals surface area contributed by atoms with Gasteiger partial charge in [0.15, 0.2) is 0 Å². The molecule has 1 aliphatic heterocycles. The van der Waals surface area contributed by atoms with E-state index in [4.69, 9.17) is 0 Å². The van der Waals surface area contributed by atoms with Gasteiger partial charge in [-0.2, -0.15) is 4.31 Å². The van der Waals surface area contributed by atoms with Crippen LogP contribution in [0, 0.1) is 0 Å². The maximum atomic E-state index is 12.8. The monoisotopic (exact) mass is 296 g/mol. The zero-order valence-electron chi connectivity index (χ0n) is 12.5. The number of benzene rings is 1. The minimum absolute atomic E-state index is 0.0807. The summed E-state index contributed by atoms with van der Waals surface area (Å²) in [6, 6.07) is 7.21. The molecular weight excluding hydrogens is 272 g/mol. The summed E-state index contributed by atoms with van der Waals surface area (Å²) in [7, 11) is -3.39. The fourth-order valence-electron chi connectivity index (χ4n) is 2.94. The first-order valence-electron chi connectivity index (χ1n) is 7.34. The van der Waals surface area contributed by atoms with Crippen molar-refractivity contribution in [3.05, 3.63) is 24.3 Å². The van der Waals surface area contributed by atoms with Crippen molar-refractivity contribution in [2.45, 2.75) is 57.0 Å². The van der Waals surface area contributed by atoms with E-state index in [2.05, 4.69) is 5.32 Å². The number of nitrogens with zero attached hydrogens (tertiary/aromatic N) is 1. The second kappa shape index (κ2) is 6.14. The van der Waals surface area contributed by atoms with Crippen molar-refractivity contribution in [2.24, 2.45) is 0 Å². The Balaban J connectivity index is 2.29. The van der Waals surface area contributed by atoms with Gasteiger partial charge in [0.25, 0.3) is 0 Å². The molecule has 2 rings (SSSR count). The summed E-state index contributed by atoms with van der Waals surface area (Å²) < 4.78 is 27.2. The van der Waals surface area contributed by atoms with Crippen LogP contribution in [0.4, 0.5) is 5.69 Å². The Labute approximate surface area is 122 Å². The summed E-state index contributed by atoms with van der Waals surface area (Å²) in [4.78, 5) is 0.389. The van der Waals surface area contributed by atoms with Crippen molar-refractivity contribution in [2.75, 3.05) is 11.9 Å². The van der Waals surface area contributed by atoms with E-state index in [9.17, 15) is 8.42 Å². The molecule has 0 radical (unpaired) electrons. The van der Waals surface area contributed by atoms with Crippen LogP contribution in [0.25, 0.3) is 0 Å². The van der Waals surface area contributed by atoms with Crippen LogP contribution in [0.5, 0.6) is 0 Å². The smallest absolute Gasteiger partial charge is 0.243 e. The average Bonchev–Trinajstić information content (AvgIpc) is 2.39. The lowest BCUT2D eigenvalue weighted by Crippen LogP contribution is -2.47. The highest BCUT2D eigenvalue weighted by atomic mass is 32.2. The minimum Gasteiger partial charge on any atom is -0.385 e. The quantitative estimate of drug-likeness (QED) is 0.929. The Morgan fingerprint density at radius 2 is 1.70 bits per heavy atom. The van der Waals surface area contributed by atoms with Crippen molar-refractivity contribution in [1.82, 2.24) is 4.31 Å². The van der Waals surface area contributed by atoms with Crippen LogP contribution < -0.4 is 5.32 Å². The molecule has 1 heterocycles. The molecule has 0 saturated carbocycles. The number of hydrogen-bond donors (Lipinski definition) is 1. The topological polar surface area (TPSA) is 49.4 Å². The van der Waals surface area contributed by atoms with Crippen LogP contribution in [0.3, 0.4) is 0 Å². The molecule has 5 heteroatoms. The maximum Gasteiger partial charge on any atom is 0.243 e. The minimum atomic E-state index is -3.39. The highest BCUT2D eigenvalue weighted by Crippen LogP contribution is 2.29. The van der Waals surface area contributed by atoms with Gasteiger partial charge in [-0.15, -0.1) is 0 Å². The molecule has 0 spiro atoms. The Morgan fingerprint density at radius 3 is 2.20 bits per heavy atom. The summed E-state index contributed by atoms with van der Waals surface area (Å²) in [6.07, 6.45) is 2.99. The molecule has 1 aromatic carbocycles. The van der Waals surface area contributed by atoms with E-state index in [1.807, 2.05) is 32.9 Å². The fraction of sp³-hybridized carbons (Fsp3) is 0.600. The van der Waals surface area contributed by atoms with Crippen LogP contribution >= 0.6 is 0 Å². The molecular formula is C15H24N2O2S. The van der Waals surface area contributed by atoms with Crippen molar-refractivity contribution in [3.63, 3.8) is 0 Å². The molecule has 4 nitrogen and oxygen atoms in total. The normalized spacial score (nSPS) is 24.6. The Bertz CT molecular complexity index is 529. The molecule has 1 saturated heterocycles. The molecule has 2 atom stereocenters. The molecule has 0 unspecified atom stereocenters. The van der Waals surface area contributed by atoms with Gasteiger partial charge >= 0.3 is 0 Å². The summed E-state index contributed by atoms with van der Waals surface area (Å²) in [6.45, 7) is 6.84. The predicted octanol–water partition coefficient (Wildman–Crippen LogP) is 3.07. The van der Waals surface area contributed by atoms with E-state index in [1.54, 1.807) is 16.4 Å². The first kappa shape index (κ1) is 15.3. The maximum absolute atomic E-state index is 12.8. The van der Waals surface area contributed by atoms with E-state index >= 15 is 0 Å². The molecule has 0 bridgehead atoms. The summed E-state index contributed by atoms with van der Waals surface area (Å²) in [5.74, 6) is 0. The van der Waals surface area contributed by atoms with Gasteiger partial charge in [0.1, 0.15) is 0 Å². The molecule has 1 aliphatic rings. The van der Waals surface area contributed by atoms with Gasteiger partial charge in [-0.05, 0) is 57.9 Å². The van der Waals surface area contributed by atoms with Crippen molar-refractivity contribution in [1.29, 1.82) is 0 Å². The van der Waals surface area contributed by atoms with Gasteiger partial charge in [0, 0.05) is 24.3 Å². The van der Waals surface area contributed by atoms with Crippen LogP contribution in [0.15, 0.2) is 29.2 Å². The molecule has 20 heavy (non-hydrogen) atoms. The van der Waals surface area contributed by atoms with Gasteiger partial charge in [-0.3, -0.25) is 0 Å².